The minimum atomic E-state index is -0.369. The third kappa shape index (κ3) is 1.75. The normalized spacial score (nSPS) is 56.8. The van der Waals surface area contributed by atoms with Gasteiger partial charge in [0.05, 0.1) is 18.0 Å². The van der Waals surface area contributed by atoms with Gasteiger partial charge in [0.25, 0.3) is 0 Å². The van der Waals surface area contributed by atoms with Crippen molar-refractivity contribution >= 4 is 0 Å². The maximum Gasteiger partial charge on any atom is 0.0886 e. The average molecular weight is 304 g/mol. The molecule has 22 heavy (non-hydrogen) atoms. The van der Waals surface area contributed by atoms with E-state index in [-0.39, 0.29) is 40.8 Å². The maximum atomic E-state index is 10.9. The summed E-state index contributed by atoms with van der Waals surface area (Å²) in [6.07, 6.45) is 10.1. The monoisotopic (exact) mass is 304 g/mol. The van der Waals surface area contributed by atoms with Crippen LogP contribution < -0.4 is 0 Å². The molecule has 2 saturated carbocycles. The molecule has 0 spiro atoms. The Morgan fingerprint density at radius 3 is 2.64 bits per heavy atom. The van der Waals surface area contributed by atoms with Gasteiger partial charge in [0.15, 0.2) is 0 Å². The van der Waals surface area contributed by atoms with Crippen LogP contribution in [0.1, 0.15) is 46.0 Å². The standard InChI is InChI=1S/C19H28O3/c1-18-7-5-12(20)9-11(18)10-15(21)17-13-3-4-16(22)19(13,2)8-6-14(17)18/h3-4,9,11,13-17,20-22H,5-8,10H2,1-2H3/t11?,13-,14-,15-,16-,17-,18-,19-/m0/s1. The van der Waals surface area contributed by atoms with Gasteiger partial charge < -0.3 is 15.3 Å². The maximum absolute atomic E-state index is 10.9. The first-order chi connectivity index (χ1) is 10.4. The first kappa shape index (κ1) is 14.8. The summed E-state index contributed by atoms with van der Waals surface area (Å²) in [6.45, 7) is 4.55. The van der Waals surface area contributed by atoms with E-state index in [2.05, 4.69) is 19.9 Å². The molecule has 0 heterocycles. The molecule has 0 aliphatic heterocycles. The van der Waals surface area contributed by atoms with E-state index in [1.165, 1.54) is 0 Å². The second-order valence-electron chi connectivity index (χ2n) is 8.66. The van der Waals surface area contributed by atoms with Crippen molar-refractivity contribution in [1.82, 2.24) is 0 Å². The van der Waals surface area contributed by atoms with Crippen LogP contribution in [0.2, 0.25) is 0 Å². The molecular weight excluding hydrogens is 276 g/mol. The van der Waals surface area contributed by atoms with Gasteiger partial charge in [0, 0.05) is 11.8 Å². The lowest BCUT2D eigenvalue weighted by Crippen LogP contribution is -2.57. The van der Waals surface area contributed by atoms with Crippen molar-refractivity contribution in [3.05, 3.63) is 24.0 Å². The van der Waals surface area contributed by atoms with Gasteiger partial charge in [-0.15, -0.1) is 0 Å². The molecule has 2 fully saturated rings. The summed E-state index contributed by atoms with van der Waals surface area (Å²) in [4.78, 5) is 0. The predicted octanol–water partition coefficient (Wildman–Crippen LogP) is 3.19. The Hall–Kier alpha value is -0.800. The second kappa shape index (κ2) is 4.61. The number of aliphatic hydroxyl groups is 3. The molecule has 0 amide bonds. The van der Waals surface area contributed by atoms with Crippen molar-refractivity contribution < 1.29 is 15.3 Å². The van der Waals surface area contributed by atoms with Crippen LogP contribution in [0.3, 0.4) is 0 Å². The van der Waals surface area contributed by atoms with Crippen LogP contribution in [0.15, 0.2) is 24.0 Å². The van der Waals surface area contributed by atoms with Crippen molar-refractivity contribution in [2.24, 2.45) is 34.5 Å². The minimum Gasteiger partial charge on any atom is -0.513 e. The van der Waals surface area contributed by atoms with Crippen LogP contribution in [0.5, 0.6) is 0 Å². The summed E-state index contributed by atoms with van der Waals surface area (Å²) in [5.41, 5.74) is 0.0802. The van der Waals surface area contributed by atoms with Crippen molar-refractivity contribution in [1.29, 1.82) is 0 Å². The molecule has 0 aromatic carbocycles. The third-order valence-electron chi connectivity index (χ3n) is 7.76. The fourth-order valence-corrected chi connectivity index (χ4v) is 6.23. The van der Waals surface area contributed by atoms with Crippen molar-refractivity contribution in [3.8, 4) is 0 Å². The van der Waals surface area contributed by atoms with Crippen molar-refractivity contribution in [2.45, 2.75) is 58.2 Å². The summed E-state index contributed by atoms with van der Waals surface area (Å²) in [6, 6.07) is 0. The van der Waals surface area contributed by atoms with Crippen LogP contribution in [0, 0.1) is 34.5 Å². The highest BCUT2D eigenvalue weighted by Gasteiger charge is 2.60. The smallest absolute Gasteiger partial charge is 0.0886 e. The molecule has 4 rings (SSSR count). The van der Waals surface area contributed by atoms with Crippen LogP contribution in [-0.2, 0) is 0 Å². The number of hydrogen-bond acceptors (Lipinski definition) is 3. The quantitative estimate of drug-likeness (QED) is 0.602. The van der Waals surface area contributed by atoms with Gasteiger partial charge in [-0.2, -0.15) is 0 Å². The molecule has 3 N–H and O–H groups in total. The Morgan fingerprint density at radius 1 is 1.09 bits per heavy atom. The van der Waals surface area contributed by atoms with Crippen LogP contribution >= 0.6 is 0 Å². The summed E-state index contributed by atoms with van der Waals surface area (Å²) < 4.78 is 0. The average Bonchev–Trinajstić information content (AvgIpc) is 2.77. The summed E-state index contributed by atoms with van der Waals surface area (Å²) in [7, 11) is 0. The first-order valence-corrected chi connectivity index (χ1v) is 8.80. The molecule has 0 saturated heterocycles. The SMILES string of the molecule is C[C@]12CC[C@H]3[C@@H]([C@@H](O)CC4C=C(O)CC[C@@]43C)[C@@H]1C=C[C@@H]2O. The predicted molar refractivity (Wildman–Crippen MR) is 85.1 cm³/mol. The van der Waals surface area contributed by atoms with Gasteiger partial charge in [0.1, 0.15) is 0 Å². The molecular formula is C19H28O3. The van der Waals surface area contributed by atoms with Gasteiger partial charge >= 0.3 is 0 Å². The molecule has 4 aliphatic rings. The number of hydrogen-bond donors (Lipinski definition) is 3. The zero-order chi connectivity index (χ0) is 15.7. The second-order valence-corrected chi connectivity index (χ2v) is 8.66. The Kier molecular flexibility index (Phi) is 3.09. The van der Waals surface area contributed by atoms with Gasteiger partial charge in [-0.3, -0.25) is 0 Å². The van der Waals surface area contributed by atoms with Gasteiger partial charge in [0.2, 0.25) is 0 Å². The summed E-state index contributed by atoms with van der Waals surface area (Å²) in [5.74, 6) is 1.82. The lowest BCUT2D eigenvalue weighted by molar-refractivity contribution is -0.148. The van der Waals surface area contributed by atoms with E-state index in [0.717, 1.165) is 32.1 Å². The molecule has 8 atom stereocenters. The van der Waals surface area contributed by atoms with E-state index in [4.69, 9.17) is 0 Å². The van der Waals surface area contributed by atoms with E-state index in [1.54, 1.807) is 0 Å². The summed E-state index contributed by atoms with van der Waals surface area (Å²) in [5, 5.41) is 31.2. The van der Waals surface area contributed by atoms with Gasteiger partial charge in [-0.1, -0.05) is 26.0 Å². The molecule has 0 radical (unpaired) electrons. The fourth-order valence-electron chi connectivity index (χ4n) is 6.23. The number of rotatable bonds is 0. The molecule has 0 aromatic heterocycles. The van der Waals surface area contributed by atoms with E-state index < -0.39 is 0 Å². The van der Waals surface area contributed by atoms with E-state index >= 15 is 0 Å². The molecule has 122 valence electrons. The zero-order valence-electron chi connectivity index (χ0n) is 13.6. The van der Waals surface area contributed by atoms with E-state index in [0.29, 0.717) is 11.7 Å². The van der Waals surface area contributed by atoms with Crippen LogP contribution in [0.25, 0.3) is 0 Å². The van der Waals surface area contributed by atoms with E-state index in [1.807, 2.05) is 12.2 Å². The fraction of sp³-hybridized carbons (Fsp3) is 0.789. The number of aliphatic hydroxyl groups excluding tert-OH is 3. The Labute approximate surface area is 132 Å². The van der Waals surface area contributed by atoms with Gasteiger partial charge in [-0.05, 0) is 60.8 Å². The summed E-state index contributed by atoms with van der Waals surface area (Å²) >= 11 is 0. The first-order valence-electron chi connectivity index (χ1n) is 8.80. The highest BCUT2D eigenvalue weighted by Crippen LogP contribution is 2.64. The third-order valence-corrected chi connectivity index (χ3v) is 7.76. The molecule has 1 unspecified atom stereocenters. The molecule has 0 aromatic rings. The lowest BCUT2D eigenvalue weighted by Gasteiger charge is -2.60. The van der Waals surface area contributed by atoms with Gasteiger partial charge in [-0.25, -0.2) is 0 Å². The largest absolute Gasteiger partial charge is 0.513 e. The highest BCUT2D eigenvalue weighted by molar-refractivity contribution is 5.22. The highest BCUT2D eigenvalue weighted by atomic mass is 16.3. The number of fused-ring (bicyclic) bond motifs is 5. The van der Waals surface area contributed by atoms with Crippen molar-refractivity contribution in [3.63, 3.8) is 0 Å². The molecule has 4 aliphatic carbocycles. The lowest BCUT2D eigenvalue weighted by atomic mass is 9.45. The Balaban J connectivity index is 1.72. The molecule has 3 heteroatoms. The molecule has 3 nitrogen and oxygen atoms in total. The Morgan fingerprint density at radius 2 is 1.86 bits per heavy atom. The van der Waals surface area contributed by atoms with E-state index in [9.17, 15) is 15.3 Å². The number of allylic oxidation sites excluding steroid dienone is 3. The van der Waals surface area contributed by atoms with Crippen LogP contribution in [-0.4, -0.2) is 27.5 Å². The Bertz CT molecular complexity index is 539. The van der Waals surface area contributed by atoms with Crippen LogP contribution in [0.4, 0.5) is 0 Å². The minimum absolute atomic E-state index is 0.0992. The van der Waals surface area contributed by atoms with Crippen molar-refractivity contribution in [2.75, 3.05) is 0 Å². The zero-order valence-corrected chi connectivity index (χ0v) is 13.6. The topological polar surface area (TPSA) is 60.7 Å². The molecule has 0 bridgehead atoms.